The van der Waals surface area contributed by atoms with Crippen molar-refractivity contribution in [2.24, 2.45) is 10.8 Å². The number of aliphatic hydroxyl groups is 2. The number of benzene rings is 3. The number of anilines is 1. The Balaban J connectivity index is 0.000000283. The average Bonchev–Trinajstić information content (AvgIpc) is 3.57. The van der Waals surface area contributed by atoms with Gasteiger partial charge in [0.05, 0.1) is 17.9 Å². The summed E-state index contributed by atoms with van der Waals surface area (Å²) in [5.41, 5.74) is 6.96. The van der Waals surface area contributed by atoms with Crippen LogP contribution in [0.1, 0.15) is 70.3 Å². The van der Waals surface area contributed by atoms with Crippen molar-refractivity contribution in [1.29, 1.82) is 0 Å². The molecule has 3 atom stereocenters. The first-order valence-corrected chi connectivity index (χ1v) is 15.3. The second-order valence-corrected chi connectivity index (χ2v) is 13.9. The fourth-order valence-corrected chi connectivity index (χ4v) is 5.76. The maximum absolute atomic E-state index is 9.76. The quantitative estimate of drug-likeness (QED) is 0.181. The number of hydrogen-bond donors (Lipinski definition) is 2. The van der Waals surface area contributed by atoms with E-state index in [0.29, 0.717) is 6.42 Å². The summed E-state index contributed by atoms with van der Waals surface area (Å²) in [7, 11) is 2.02. The van der Waals surface area contributed by atoms with E-state index in [4.69, 9.17) is 4.98 Å². The summed E-state index contributed by atoms with van der Waals surface area (Å²) in [6.45, 7) is 13.9. The Morgan fingerprint density at radius 2 is 1.49 bits per heavy atom. The number of fused-ring (bicyclic) bond motifs is 3. The maximum Gasteiger partial charge on any atom is 3.00 e. The molecule has 0 saturated heterocycles. The molecule has 236 valence electrons. The third-order valence-corrected chi connectivity index (χ3v) is 8.58. The van der Waals surface area contributed by atoms with E-state index in [1.807, 2.05) is 90.9 Å². The summed E-state index contributed by atoms with van der Waals surface area (Å²) in [5, 5.41) is 19.5. The van der Waals surface area contributed by atoms with Crippen LogP contribution >= 0.6 is 0 Å². The molecule has 45 heavy (non-hydrogen) atoms. The van der Waals surface area contributed by atoms with Crippen molar-refractivity contribution < 1.29 is 30.3 Å². The monoisotopic (exact) mass is 779 g/mol. The summed E-state index contributed by atoms with van der Waals surface area (Å²) in [5.74, 6) is 0. The average molecular weight is 779 g/mol. The molecular formula is C39H44IrN3O2. The molecule has 2 heterocycles. The Bertz CT molecular complexity index is 1540. The van der Waals surface area contributed by atoms with Crippen molar-refractivity contribution in [3.63, 3.8) is 0 Å². The molecule has 0 bridgehead atoms. The van der Waals surface area contributed by atoms with Gasteiger partial charge < -0.3 is 20.0 Å². The SMILES string of the molecule is CC(C)(C)C(O)CC(O)C(C)(C)C.CN1C=CN(c2[c-]c([C@]3(c4ccccn4)c4[c-]cccc4-c4ccccc43)ccc2)[CH-]1.[Ir+3]. The van der Waals surface area contributed by atoms with Gasteiger partial charge in [-0.05, 0) is 48.0 Å². The van der Waals surface area contributed by atoms with Crippen LogP contribution in [-0.4, -0.2) is 39.4 Å². The number of aromatic nitrogens is 1. The molecule has 1 aliphatic carbocycles. The molecule has 0 spiro atoms. The van der Waals surface area contributed by atoms with Crippen LogP contribution in [0.4, 0.5) is 5.69 Å². The van der Waals surface area contributed by atoms with Crippen LogP contribution in [0.5, 0.6) is 0 Å². The molecule has 1 aliphatic heterocycles. The fraction of sp³-hybridized carbons (Fsp3) is 0.333. The molecule has 0 amide bonds. The van der Waals surface area contributed by atoms with Crippen LogP contribution in [0.25, 0.3) is 11.1 Å². The Morgan fingerprint density at radius 3 is 2.11 bits per heavy atom. The molecule has 4 aromatic rings. The fourth-order valence-electron chi connectivity index (χ4n) is 5.76. The van der Waals surface area contributed by atoms with Gasteiger partial charge in [0.2, 0.25) is 0 Å². The van der Waals surface area contributed by atoms with Gasteiger partial charge in [-0.1, -0.05) is 77.4 Å². The number of aliphatic hydroxyl groups excluding tert-OH is 2. The van der Waals surface area contributed by atoms with Gasteiger partial charge in [0.25, 0.3) is 0 Å². The molecule has 1 aromatic heterocycles. The van der Waals surface area contributed by atoms with Crippen LogP contribution in [0.3, 0.4) is 0 Å². The van der Waals surface area contributed by atoms with E-state index >= 15 is 0 Å². The van der Waals surface area contributed by atoms with Crippen LogP contribution in [0, 0.1) is 29.6 Å². The molecule has 2 N–H and O–H groups in total. The Morgan fingerprint density at radius 1 is 0.822 bits per heavy atom. The third kappa shape index (κ3) is 6.95. The van der Waals surface area contributed by atoms with E-state index < -0.39 is 17.6 Å². The van der Waals surface area contributed by atoms with Crippen molar-refractivity contribution in [3.05, 3.63) is 139 Å². The topological polar surface area (TPSA) is 59.8 Å². The van der Waals surface area contributed by atoms with Crippen molar-refractivity contribution in [3.8, 4) is 11.1 Å². The Kier molecular flexibility index (Phi) is 10.5. The molecule has 6 heteroatoms. The van der Waals surface area contributed by atoms with Crippen LogP contribution in [-0.2, 0) is 25.5 Å². The first-order chi connectivity index (χ1) is 20.8. The molecule has 6 rings (SSSR count). The van der Waals surface area contributed by atoms with Gasteiger partial charge in [-0.25, -0.2) is 0 Å². The minimum atomic E-state index is -0.570. The van der Waals surface area contributed by atoms with E-state index in [0.717, 1.165) is 22.5 Å². The largest absolute Gasteiger partial charge is 3.00 e. The van der Waals surface area contributed by atoms with Gasteiger partial charge in [-0.3, -0.25) is 4.98 Å². The smallest absolute Gasteiger partial charge is 0.510 e. The first kappa shape index (κ1) is 34.6. The number of hydrogen-bond acceptors (Lipinski definition) is 5. The zero-order chi connectivity index (χ0) is 31.7. The predicted molar refractivity (Wildman–Crippen MR) is 178 cm³/mol. The second kappa shape index (κ2) is 13.6. The standard InChI is InChI=1S/C28H20N3.C11H24O2.Ir/c1-30-17-18-31(20-30)22-10-8-9-21(19-22)28(27-15-6-7-16-29-27)25-13-4-2-11-23(25)24-12-3-5-14-26(24)28;1-10(2,3)8(12)7-9(13)11(4,5)6;/h2-13,15-18,20H,1H3;8-9,12-13H,7H2,1-6H3;/q-3;;+3/t28-;;/m1../s1. The number of pyridine rings is 1. The van der Waals surface area contributed by atoms with E-state index in [-0.39, 0.29) is 30.9 Å². The Labute approximate surface area is 283 Å². The molecule has 3 aromatic carbocycles. The van der Waals surface area contributed by atoms with Crippen molar-refractivity contribution >= 4 is 5.69 Å². The van der Waals surface area contributed by atoms with Gasteiger partial charge in [-0.15, -0.1) is 22.4 Å². The number of rotatable bonds is 5. The first-order valence-electron chi connectivity index (χ1n) is 15.3. The summed E-state index contributed by atoms with van der Waals surface area (Å²) in [6, 6.07) is 34.7. The number of nitrogens with zero attached hydrogens (tertiary/aromatic N) is 3. The Hall–Kier alpha value is -3.28. The predicted octanol–water partition coefficient (Wildman–Crippen LogP) is 7.58. The van der Waals surface area contributed by atoms with E-state index in [9.17, 15) is 10.2 Å². The minimum Gasteiger partial charge on any atom is -0.510 e. The second-order valence-electron chi connectivity index (χ2n) is 13.9. The van der Waals surface area contributed by atoms with Crippen molar-refractivity contribution in [2.45, 2.75) is 65.6 Å². The summed E-state index contributed by atoms with van der Waals surface area (Å²) >= 11 is 0. The maximum atomic E-state index is 9.76. The third-order valence-electron chi connectivity index (χ3n) is 8.58. The molecule has 0 radical (unpaired) electrons. The normalized spacial score (nSPS) is 18.3. The van der Waals surface area contributed by atoms with Crippen LogP contribution in [0.15, 0.2) is 97.5 Å². The summed E-state index contributed by atoms with van der Waals surface area (Å²) in [4.78, 5) is 8.98. The summed E-state index contributed by atoms with van der Waals surface area (Å²) < 4.78 is 0. The molecule has 0 saturated carbocycles. The van der Waals surface area contributed by atoms with Crippen LogP contribution < -0.4 is 4.90 Å². The van der Waals surface area contributed by atoms with E-state index in [1.165, 1.54) is 16.7 Å². The minimum absolute atomic E-state index is 0. The molecule has 0 fully saturated rings. The van der Waals surface area contributed by atoms with Gasteiger partial charge in [-0.2, -0.15) is 55.2 Å². The van der Waals surface area contributed by atoms with Gasteiger partial charge >= 0.3 is 20.1 Å². The van der Waals surface area contributed by atoms with Gasteiger partial charge in [0.15, 0.2) is 0 Å². The van der Waals surface area contributed by atoms with Gasteiger partial charge in [0.1, 0.15) is 0 Å². The zero-order valence-electron chi connectivity index (χ0n) is 27.2. The van der Waals surface area contributed by atoms with Crippen LogP contribution in [0.2, 0.25) is 0 Å². The van der Waals surface area contributed by atoms with Gasteiger partial charge in [0, 0.05) is 18.0 Å². The van der Waals surface area contributed by atoms with E-state index in [1.54, 1.807) is 0 Å². The zero-order valence-corrected chi connectivity index (χ0v) is 29.6. The summed E-state index contributed by atoms with van der Waals surface area (Å²) in [6.07, 6.45) is 5.52. The van der Waals surface area contributed by atoms with Crippen molar-refractivity contribution in [2.75, 3.05) is 11.9 Å². The molecule has 2 aliphatic rings. The molecule has 2 unspecified atom stereocenters. The molecule has 5 nitrogen and oxygen atoms in total. The van der Waals surface area contributed by atoms with E-state index in [2.05, 4.69) is 83.8 Å². The van der Waals surface area contributed by atoms with Crippen molar-refractivity contribution in [1.82, 2.24) is 9.88 Å². The molecular weight excluding hydrogens is 735 g/mol.